The van der Waals surface area contributed by atoms with Gasteiger partial charge >= 0.3 is 5.97 Å². The molecule has 0 aliphatic carbocycles. The smallest absolute Gasteiger partial charge is 0.320 e. The van der Waals surface area contributed by atoms with Crippen molar-refractivity contribution in [2.75, 3.05) is 6.54 Å². The van der Waals surface area contributed by atoms with E-state index in [2.05, 4.69) is 5.32 Å². The van der Waals surface area contributed by atoms with E-state index in [1.165, 1.54) is 24.3 Å². The molecule has 2 unspecified atom stereocenters. The SMILES string of the molecule is CCC(NCC(O)c1ccc(F)cc1)C(=O)O. The first kappa shape index (κ1) is 13.6. The Labute approximate surface area is 99.1 Å². The highest BCUT2D eigenvalue weighted by Crippen LogP contribution is 2.12. The Balaban J connectivity index is 2.52. The molecule has 0 heterocycles. The maximum absolute atomic E-state index is 12.6. The summed E-state index contributed by atoms with van der Waals surface area (Å²) in [5, 5.41) is 21.3. The van der Waals surface area contributed by atoms with Gasteiger partial charge in [-0.05, 0) is 24.1 Å². The summed E-state index contributed by atoms with van der Waals surface area (Å²) in [4.78, 5) is 10.7. The van der Waals surface area contributed by atoms with Crippen LogP contribution in [0.4, 0.5) is 4.39 Å². The largest absolute Gasteiger partial charge is 0.480 e. The van der Waals surface area contributed by atoms with E-state index < -0.39 is 18.1 Å². The second kappa shape index (κ2) is 6.32. The van der Waals surface area contributed by atoms with Gasteiger partial charge < -0.3 is 15.5 Å². The van der Waals surface area contributed by atoms with E-state index in [0.717, 1.165) is 0 Å². The van der Waals surface area contributed by atoms with Crippen LogP contribution in [0.3, 0.4) is 0 Å². The van der Waals surface area contributed by atoms with Crippen molar-refractivity contribution in [2.45, 2.75) is 25.5 Å². The molecule has 0 aliphatic heterocycles. The summed E-state index contributed by atoms with van der Waals surface area (Å²) < 4.78 is 12.6. The van der Waals surface area contributed by atoms with Gasteiger partial charge in [0.2, 0.25) is 0 Å². The molecule has 1 rings (SSSR count). The molecule has 4 nitrogen and oxygen atoms in total. The van der Waals surface area contributed by atoms with Crippen molar-refractivity contribution in [2.24, 2.45) is 0 Å². The van der Waals surface area contributed by atoms with Crippen LogP contribution in [0.2, 0.25) is 0 Å². The average molecular weight is 241 g/mol. The zero-order chi connectivity index (χ0) is 12.8. The Morgan fingerprint density at radius 2 is 2.00 bits per heavy atom. The summed E-state index contributed by atoms with van der Waals surface area (Å²) in [6.45, 7) is 1.87. The van der Waals surface area contributed by atoms with Crippen molar-refractivity contribution < 1.29 is 19.4 Å². The lowest BCUT2D eigenvalue weighted by Crippen LogP contribution is -2.38. The molecule has 0 saturated carbocycles. The molecule has 1 aromatic carbocycles. The van der Waals surface area contributed by atoms with Crippen LogP contribution in [0.1, 0.15) is 25.0 Å². The maximum atomic E-state index is 12.6. The van der Waals surface area contributed by atoms with Gasteiger partial charge in [-0.2, -0.15) is 0 Å². The third kappa shape index (κ3) is 4.13. The predicted octanol–water partition coefficient (Wildman–Crippen LogP) is 1.31. The number of hydrogen-bond donors (Lipinski definition) is 3. The van der Waals surface area contributed by atoms with E-state index in [1.807, 2.05) is 0 Å². The number of aliphatic carboxylic acids is 1. The summed E-state index contributed by atoms with van der Waals surface area (Å²) in [7, 11) is 0. The predicted molar refractivity (Wildman–Crippen MR) is 61.1 cm³/mol. The summed E-state index contributed by atoms with van der Waals surface area (Å²) in [5.41, 5.74) is 0.555. The van der Waals surface area contributed by atoms with Crippen molar-refractivity contribution in [3.8, 4) is 0 Å². The van der Waals surface area contributed by atoms with Crippen LogP contribution < -0.4 is 5.32 Å². The van der Waals surface area contributed by atoms with E-state index in [4.69, 9.17) is 5.11 Å². The van der Waals surface area contributed by atoms with Crippen LogP contribution in [0.15, 0.2) is 24.3 Å². The number of aliphatic hydroxyl groups is 1. The van der Waals surface area contributed by atoms with Crippen LogP contribution in [0.25, 0.3) is 0 Å². The number of hydrogen-bond acceptors (Lipinski definition) is 3. The fraction of sp³-hybridized carbons (Fsp3) is 0.417. The van der Waals surface area contributed by atoms with Gasteiger partial charge in [-0.1, -0.05) is 19.1 Å². The fourth-order valence-electron chi connectivity index (χ4n) is 1.46. The molecule has 94 valence electrons. The molecule has 0 aromatic heterocycles. The first-order valence-electron chi connectivity index (χ1n) is 5.44. The molecule has 1 aromatic rings. The number of carboxylic acids is 1. The van der Waals surface area contributed by atoms with Gasteiger partial charge in [0.1, 0.15) is 11.9 Å². The van der Waals surface area contributed by atoms with Crippen LogP contribution in [0.5, 0.6) is 0 Å². The molecule has 0 radical (unpaired) electrons. The van der Waals surface area contributed by atoms with Gasteiger partial charge in [0, 0.05) is 6.54 Å². The molecule has 2 atom stereocenters. The zero-order valence-electron chi connectivity index (χ0n) is 9.56. The summed E-state index contributed by atoms with van der Waals surface area (Å²) >= 11 is 0. The summed E-state index contributed by atoms with van der Waals surface area (Å²) in [6.07, 6.45) is -0.408. The Morgan fingerprint density at radius 3 is 2.47 bits per heavy atom. The Morgan fingerprint density at radius 1 is 1.41 bits per heavy atom. The monoisotopic (exact) mass is 241 g/mol. The van der Waals surface area contributed by atoms with E-state index >= 15 is 0 Å². The highest BCUT2D eigenvalue weighted by atomic mass is 19.1. The van der Waals surface area contributed by atoms with Gasteiger partial charge in [-0.25, -0.2) is 4.39 Å². The third-order valence-electron chi connectivity index (χ3n) is 2.52. The topological polar surface area (TPSA) is 69.6 Å². The molecule has 0 amide bonds. The van der Waals surface area contributed by atoms with Crippen LogP contribution in [-0.4, -0.2) is 28.8 Å². The molecule has 0 aliphatic rings. The number of benzene rings is 1. The minimum Gasteiger partial charge on any atom is -0.480 e. The lowest BCUT2D eigenvalue weighted by molar-refractivity contribution is -0.139. The quantitative estimate of drug-likeness (QED) is 0.702. The molecule has 5 heteroatoms. The molecule has 0 fully saturated rings. The molecule has 0 saturated heterocycles. The lowest BCUT2D eigenvalue weighted by atomic mass is 10.1. The van der Waals surface area contributed by atoms with Crippen molar-refractivity contribution in [1.82, 2.24) is 5.32 Å². The average Bonchev–Trinajstić information content (AvgIpc) is 2.30. The van der Waals surface area contributed by atoms with Crippen LogP contribution >= 0.6 is 0 Å². The molecule has 0 spiro atoms. The van der Waals surface area contributed by atoms with Crippen molar-refractivity contribution in [3.63, 3.8) is 0 Å². The molecular weight excluding hydrogens is 225 g/mol. The normalized spacial score (nSPS) is 14.3. The number of nitrogens with one attached hydrogen (secondary N) is 1. The minimum absolute atomic E-state index is 0.121. The minimum atomic E-state index is -0.946. The summed E-state index contributed by atoms with van der Waals surface area (Å²) in [6, 6.07) is 4.79. The van der Waals surface area contributed by atoms with Gasteiger partial charge in [-0.3, -0.25) is 4.79 Å². The fourth-order valence-corrected chi connectivity index (χ4v) is 1.46. The molecule has 17 heavy (non-hydrogen) atoms. The summed E-state index contributed by atoms with van der Waals surface area (Å²) in [5.74, 6) is -1.32. The molecular formula is C12H16FNO3. The van der Waals surface area contributed by atoms with Crippen LogP contribution in [0, 0.1) is 5.82 Å². The van der Waals surface area contributed by atoms with Gasteiger partial charge in [-0.15, -0.1) is 0 Å². The lowest BCUT2D eigenvalue weighted by Gasteiger charge is -2.16. The number of rotatable bonds is 6. The second-order valence-electron chi connectivity index (χ2n) is 3.77. The van der Waals surface area contributed by atoms with Crippen LogP contribution in [-0.2, 0) is 4.79 Å². The standard InChI is InChI=1S/C12H16FNO3/c1-2-10(12(16)17)14-7-11(15)8-3-5-9(13)6-4-8/h3-6,10-11,14-15H,2,7H2,1H3,(H,16,17). The first-order valence-corrected chi connectivity index (χ1v) is 5.44. The Hall–Kier alpha value is -1.46. The van der Waals surface area contributed by atoms with Gasteiger partial charge in [0.15, 0.2) is 0 Å². The number of carbonyl (C=O) groups is 1. The molecule has 3 N–H and O–H groups in total. The van der Waals surface area contributed by atoms with Gasteiger partial charge in [0.05, 0.1) is 6.10 Å². The maximum Gasteiger partial charge on any atom is 0.320 e. The Bertz CT molecular complexity index is 367. The molecule has 0 bridgehead atoms. The Kier molecular flexibility index (Phi) is 5.06. The number of carboxylic acid groups (broad SMARTS) is 1. The highest BCUT2D eigenvalue weighted by Gasteiger charge is 2.16. The number of aliphatic hydroxyl groups excluding tert-OH is 1. The second-order valence-corrected chi connectivity index (χ2v) is 3.77. The van der Waals surface area contributed by atoms with E-state index in [0.29, 0.717) is 12.0 Å². The highest BCUT2D eigenvalue weighted by molar-refractivity contribution is 5.73. The van der Waals surface area contributed by atoms with Crippen molar-refractivity contribution in [3.05, 3.63) is 35.6 Å². The first-order chi connectivity index (χ1) is 8.04. The van der Waals surface area contributed by atoms with E-state index in [9.17, 15) is 14.3 Å². The third-order valence-corrected chi connectivity index (χ3v) is 2.52. The zero-order valence-corrected chi connectivity index (χ0v) is 9.56. The van der Waals surface area contributed by atoms with Gasteiger partial charge in [0.25, 0.3) is 0 Å². The van der Waals surface area contributed by atoms with Crippen molar-refractivity contribution >= 4 is 5.97 Å². The van der Waals surface area contributed by atoms with E-state index in [-0.39, 0.29) is 12.4 Å². The van der Waals surface area contributed by atoms with Crippen molar-refractivity contribution in [1.29, 1.82) is 0 Å². The van der Waals surface area contributed by atoms with E-state index in [1.54, 1.807) is 6.92 Å². The number of halogens is 1.